The van der Waals surface area contributed by atoms with Crippen molar-refractivity contribution in [2.24, 2.45) is 0 Å². The molecule has 0 amide bonds. The van der Waals surface area contributed by atoms with E-state index in [4.69, 9.17) is 4.74 Å². The monoisotopic (exact) mass is 284 g/mol. The molecule has 1 heterocycles. The van der Waals surface area contributed by atoms with Gasteiger partial charge in [0.05, 0.1) is 18.8 Å². The number of hydrogen-bond acceptors (Lipinski definition) is 3. The zero-order valence-electron chi connectivity index (χ0n) is 12.0. The molecule has 0 spiro atoms. The first-order valence-corrected chi connectivity index (χ1v) is 7.11. The van der Waals surface area contributed by atoms with E-state index < -0.39 is 17.7 Å². The fourth-order valence-corrected chi connectivity index (χ4v) is 2.65. The van der Waals surface area contributed by atoms with Gasteiger partial charge in [-0.2, -0.15) is 0 Å². The summed E-state index contributed by atoms with van der Waals surface area (Å²) in [5.41, 5.74) is 0.109. The second kappa shape index (κ2) is 7.11. The van der Waals surface area contributed by atoms with Gasteiger partial charge in [0.2, 0.25) is 0 Å². The molecule has 1 aliphatic heterocycles. The van der Waals surface area contributed by atoms with E-state index in [1.165, 1.54) is 18.2 Å². The summed E-state index contributed by atoms with van der Waals surface area (Å²) in [6.45, 7) is 4.80. The van der Waals surface area contributed by atoms with Gasteiger partial charge in [0.1, 0.15) is 11.6 Å². The van der Waals surface area contributed by atoms with E-state index in [2.05, 4.69) is 12.2 Å². The fraction of sp³-hybridized carbons (Fsp3) is 0.600. The van der Waals surface area contributed by atoms with E-state index in [0.717, 1.165) is 13.0 Å². The molecule has 1 N–H and O–H groups in total. The van der Waals surface area contributed by atoms with Crippen LogP contribution in [0.1, 0.15) is 24.9 Å². The van der Waals surface area contributed by atoms with Crippen molar-refractivity contribution >= 4 is 0 Å². The van der Waals surface area contributed by atoms with Crippen molar-refractivity contribution in [2.45, 2.75) is 25.5 Å². The maximum Gasteiger partial charge on any atom is 0.131 e. The van der Waals surface area contributed by atoms with Gasteiger partial charge in [0, 0.05) is 18.7 Å². The minimum absolute atomic E-state index is 0.109. The number of ether oxygens (including phenoxy) is 1. The van der Waals surface area contributed by atoms with Gasteiger partial charge in [-0.3, -0.25) is 4.90 Å². The molecule has 1 aromatic rings. The third-order valence-electron chi connectivity index (χ3n) is 3.67. The van der Waals surface area contributed by atoms with Crippen molar-refractivity contribution in [3.8, 4) is 0 Å². The molecule has 0 aromatic heterocycles. The van der Waals surface area contributed by atoms with Crippen LogP contribution in [0.2, 0.25) is 0 Å². The van der Waals surface area contributed by atoms with Crippen LogP contribution in [0.4, 0.5) is 8.78 Å². The van der Waals surface area contributed by atoms with Gasteiger partial charge in [-0.15, -0.1) is 0 Å². The molecule has 0 aliphatic carbocycles. The molecule has 1 saturated heterocycles. The second-order valence-corrected chi connectivity index (χ2v) is 5.17. The highest BCUT2D eigenvalue weighted by Crippen LogP contribution is 2.31. The van der Waals surface area contributed by atoms with Crippen LogP contribution in [0, 0.1) is 11.6 Å². The Kier molecular flexibility index (Phi) is 5.46. The van der Waals surface area contributed by atoms with Crippen LogP contribution in [0.3, 0.4) is 0 Å². The number of morpholine rings is 1. The van der Waals surface area contributed by atoms with Gasteiger partial charge in [-0.05, 0) is 32.1 Å². The quantitative estimate of drug-likeness (QED) is 0.840. The number of benzene rings is 1. The van der Waals surface area contributed by atoms with E-state index in [1.807, 2.05) is 11.9 Å². The lowest BCUT2D eigenvalue weighted by Gasteiger charge is -2.39. The zero-order chi connectivity index (χ0) is 14.5. The lowest BCUT2D eigenvalue weighted by atomic mass is 9.97. The molecule has 1 aliphatic rings. The number of nitrogens with one attached hydrogen (secondary N) is 1. The number of halogens is 2. The summed E-state index contributed by atoms with van der Waals surface area (Å²) in [7, 11) is 1.88. The molecule has 2 unspecified atom stereocenters. The van der Waals surface area contributed by atoms with Gasteiger partial charge in [0.25, 0.3) is 0 Å². The minimum atomic E-state index is -0.507. The molecular formula is C15H22F2N2O. The summed E-state index contributed by atoms with van der Waals surface area (Å²) in [4.78, 5) is 1.96. The fourth-order valence-electron chi connectivity index (χ4n) is 2.65. The zero-order valence-corrected chi connectivity index (χ0v) is 12.0. The molecule has 0 saturated carbocycles. The normalized spacial score (nSPS) is 24.0. The number of nitrogens with zero attached hydrogens (tertiary/aromatic N) is 1. The lowest BCUT2D eigenvalue weighted by Crippen LogP contribution is -2.48. The van der Waals surface area contributed by atoms with E-state index >= 15 is 0 Å². The first-order chi connectivity index (χ1) is 9.65. The molecule has 0 bridgehead atoms. The van der Waals surface area contributed by atoms with Gasteiger partial charge in [-0.25, -0.2) is 8.78 Å². The van der Waals surface area contributed by atoms with Crippen LogP contribution in [0.25, 0.3) is 0 Å². The Morgan fingerprint density at radius 3 is 2.70 bits per heavy atom. The predicted molar refractivity (Wildman–Crippen MR) is 74.6 cm³/mol. The Hall–Kier alpha value is -1.04. The molecule has 3 nitrogen and oxygen atoms in total. The maximum atomic E-state index is 14.0. The van der Waals surface area contributed by atoms with Crippen LogP contribution in [0.5, 0.6) is 0 Å². The average molecular weight is 284 g/mol. The Bertz CT molecular complexity index is 422. The van der Waals surface area contributed by atoms with E-state index in [1.54, 1.807) is 0 Å². The summed E-state index contributed by atoms with van der Waals surface area (Å²) < 4.78 is 33.8. The van der Waals surface area contributed by atoms with Gasteiger partial charge >= 0.3 is 0 Å². The molecule has 1 aromatic carbocycles. The van der Waals surface area contributed by atoms with Crippen molar-refractivity contribution in [2.75, 3.05) is 33.3 Å². The van der Waals surface area contributed by atoms with Crippen LogP contribution >= 0.6 is 0 Å². The topological polar surface area (TPSA) is 24.5 Å². The molecule has 112 valence electrons. The Balaban J connectivity index is 2.23. The van der Waals surface area contributed by atoms with E-state index in [9.17, 15) is 8.78 Å². The summed E-state index contributed by atoms with van der Waals surface area (Å²) in [6, 6.07) is 3.60. The van der Waals surface area contributed by atoms with Crippen molar-refractivity contribution < 1.29 is 13.5 Å². The standard InChI is InChI=1S/C15H22F2N2O/c1-3-7-18-10-13-15(19(2)8-9-20-13)14-11(16)5-4-6-12(14)17/h4-6,13,15,18H,3,7-10H2,1-2H3. The van der Waals surface area contributed by atoms with Crippen LogP contribution in [0.15, 0.2) is 18.2 Å². The Morgan fingerprint density at radius 1 is 1.35 bits per heavy atom. The molecule has 2 atom stereocenters. The van der Waals surface area contributed by atoms with Gasteiger partial charge in [-0.1, -0.05) is 13.0 Å². The van der Waals surface area contributed by atoms with E-state index in [-0.39, 0.29) is 11.7 Å². The highest BCUT2D eigenvalue weighted by atomic mass is 19.1. The van der Waals surface area contributed by atoms with Crippen molar-refractivity contribution in [1.29, 1.82) is 0 Å². The molecule has 0 radical (unpaired) electrons. The number of likely N-dealkylation sites (N-methyl/N-ethyl adjacent to an activating group) is 1. The van der Waals surface area contributed by atoms with Crippen LogP contribution in [-0.2, 0) is 4.74 Å². The van der Waals surface area contributed by atoms with Gasteiger partial charge < -0.3 is 10.1 Å². The van der Waals surface area contributed by atoms with Crippen molar-refractivity contribution in [1.82, 2.24) is 10.2 Å². The minimum Gasteiger partial charge on any atom is -0.374 e. The van der Waals surface area contributed by atoms with Crippen molar-refractivity contribution in [3.05, 3.63) is 35.4 Å². The largest absolute Gasteiger partial charge is 0.374 e. The SMILES string of the molecule is CCCNCC1OCCN(C)C1c1c(F)cccc1F. The highest BCUT2D eigenvalue weighted by molar-refractivity contribution is 5.25. The number of hydrogen-bond donors (Lipinski definition) is 1. The molecular weight excluding hydrogens is 262 g/mol. The smallest absolute Gasteiger partial charge is 0.131 e. The molecule has 5 heteroatoms. The van der Waals surface area contributed by atoms with Gasteiger partial charge in [0.15, 0.2) is 0 Å². The van der Waals surface area contributed by atoms with Crippen molar-refractivity contribution in [3.63, 3.8) is 0 Å². The van der Waals surface area contributed by atoms with E-state index in [0.29, 0.717) is 19.7 Å². The Morgan fingerprint density at radius 2 is 2.05 bits per heavy atom. The average Bonchev–Trinajstić information content (AvgIpc) is 2.41. The second-order valence-electron chi connectivity index (χ2n) is 5.17. The summed E-state index contributed by atoms with van der Waals surface area (Å²) in [5, 5.41) is 3.27. The maximum absolute atomic E-state index is 14.0. The third-order valence-corrected chi connectivity index (χ3v) is 3.67. The molecule has 20 heavy (non-hydrogen) atoms. The summed E-state index contributed by atoms with van der Waals surface area (Å²) in [6.07, 6.45) is 0.771. The molecule has 2 rings (SSSR count). The summed E-state index contributed by atoms with van der Waals surface area (Å²) >= 11 is 0. The van der Waals surface area contributed by atoms with Crippen LogP contribution < -0.4 is 5.32 Å². The first-order valence-electron chi connectivity index (χ1n) is 7.11. The highest BCUT2D eigenvalue weighted by Gasteiger charge is 2.34. The third kappa shape index (κ3) is 3.34. The lowest BCUT2D eigenvalue weighted by molar-refractivity contribution is -0.0633. The first kappa shape index (κ1) is 15.4. The summed E-state index contributed by atoms with van der Waals surface area (Å²) in [5.74, 6) is -1.01. The predicted octanol–water partition coefficient (Wildman–Crippen LogP) is 2.34. The Labute approximate surface area is 118 Å². The van der Waals surface area contributed by atoms with Crippen LogP contribution in [-0.4, -0.2) is 44.3 Å². The number of rotatable bonds is 5. The molecule has 1 fully saturated rings.